The number of carbonyl (C=O) groups is 3. The lowest BCUT2D eigenvalue weighted by Crippen LogP contribution is -2.70. The first-order valence-corrected chi connectivity index (χ1v) is 10.6. The third-order valence-corrected chi connectivity index (χ3v) is 6.69. The molecule has 1 aromatic carbocycles. The van der Waals surface area contributed by atoms with Crippen molar-refractivity contribution in [3.63, 3.8) is 0 Å². The first kappa shape index (κ1) is 19.1. The lowest BCUT2D eigenvalue weighted by molar-refractivity contribution is -0.148. The molecule has 1 saturated heterocycles. The Bertz CT molecular complexity index is 964. The lowest BCUT2D eigenvalue weighted by atomic mass is 10.0. The van der Waals surface area contributed by atoms with E-state index in [0.29, 0.717) is 21.9 Å². The number of hydrogen-bond acceptors (Lipinski definition) is 8. The summed E-state index contributed by atoms with van der Waals surface area (Å²) < 4.78 is 0. The number of rotatable bonds is 5. The highest BCUT2D eigenvalue weighted by atomic mass is 32.2. The van der Waals surface area contributed by atoms with Crippen molar-refractivity contribution in [2.24, 2.45) is 0 Å². The van der Waals surface area contributed by atoms with Gasteiger partial charge in [0.2, 0.25) is 5.12 Å². The van der Waals surface area contributed by atoms with Gasteiger partial charge in [-0.15, -0.1) is 33.3 Å². The Morgan fingerprint density at radius 3 is 2.71 bits per heavy atom. The molecule has 3 atom stereocenters. The molecule has 0 unspecified atom stereocenters. The third-order valence-electron chi connectivity index (χ3n) is 4.45. The fourth-order valence-corrected chi connectivity index (χ4v) is 5.39. The van der Waals surface area contributed by atoms with Crippen LogP contribution in [-0.4, -0.2) is 54.3 Å². The summed E-state index contributed by atoms with van der Waals surface area (Å²) in [7, 11) is 0. The van der Waals surface area contributed by atoms with Crippen LogP contribution in [0.4, 0.5) is 0 Å². The quantitative estimate of drug-likeness (QED) is 0.472. The van der Waals surface area contributed by atoms with E-state index in [1.807, 2.05) is 0 Å². The van der Waals surface area contributed by atoms with E-state index in [1.54, 1.807) is 35.8 Å². The number of fused-ring (bicyclic) bond motifs is 1. The fourth-order valence-electron chi connectivity index (χ4n) is 3.11. The van der Waals surface area contributed by atoms with Gasteiger partial charge in [-0.3, -0.25) is 19.3 Å². The number of carbonyl (C=O) groups excluding carboxylic acids is 3. The van der Waals surface area contributed by atoms with Crippen LogP contribution >= 0.6 is 35.7 Å². The molecule has 0 saturated carbocycles. The topological polar surface area (TPSA) is 112 Å². The molecule has 0 aliphatic carbocycles. The van der Waals surface area contributed by atoms with Crippen LogP contribution in [0.25, 0.3) is 5.57 Å². The number of nitrogens with zero attached hydrogens (tertiary/aromatic N) is 3. The Hall–Kier alpha value is -2.21. The van der Waals surface area contributed by atoms with E-state index in [4.69, 9.17) is 0 Å². The summed E-state index contributed by atoms with van der Waals surface area (Å²) in [6.07, 6.45) is -1.38. The Morgan fingerprint density at radius 1 is 1.32 bits per heavy atom. The predicted octanol–water partition coefficient (Wildman–Crippen LogP) is 0.839. The second-order valence-corrected chi connectivity index (χ2v) is 8.43. The third kappa shape index (κ3) is 3.24. The van der Waals surface area contributed by atoms with Gasteiger partial charge in [0.15, 0.2) is 6.10 Å². The van der Waals surface area contributed by atoms with Crippen molar-refractivity contribution < 1.29 is 19.5 Å². The van der Waals surface area contributed by atoms with Crippen LogP contribution in [0.3, 0.4) is 0 Å². The molecule has 0 bridgehead atoms. The molecule has 8 nitrogen and oxygen atoms in total. The molecule has 2 N–H and O–H groups in total. The van der Waals surface area contributed by atoms with Crippen molar-refractivity contribution in [3.05, 3.63) is 52.1 Å². The molecule has 2 aliphatic heterocycles. The monoisotopic (exact) mass is 434 g/mol. The molecule has 1 fully saturated rings. The minimum absolute atomic E-state index is 0.169. The van der Waals surface area contributed by atoms with E-state index in [2.05, 4.69) is 28.1 Å². The van der Waals surface area contributed by atoms with Gasteiger partial charge in [0.1, 0.15) is 27.6 Å². The van der Waals surface area contributed by atoms with Crippen LogP contribution in [0, 0.1) is 0 Å². The lowest BCUT2D eigenvalue weighted by Gasteiger charge is -2.49. The number of thiol groups is 1. The first-order chi connectivity index (χ1) is 13.5. The number of β-lactam (4-membered cyclic amide) rings is 1. The molecule has 144 valence electrons. The fraction of sp³-hybridized carbons (Fsp3) is 0.235. The maximum Gasteiger partial charge on any atom is 0.254 e. The Labute approximate surface area is 173 Å². The predicted molar refractivity (Wildman–Crippen MR) is 107 cm³/mol. The number of nitrogens with one attached hydrogen (secondary N) is 1. The number of aliphatic hydroxyl groups is 1. The van der Waals surface area contributed by atoms with E-state index >= 15 is 0 Å². The Morgan fingerprint density at radius 2 is 2.07 bits per heavy atom. The van der Waals surface area contributed by atoms with Crippen molar-refractivity contribution in [3.8, 4) is 0 Å². The normalized spacial score (nSPS) is 22.4. The zero-order chi connectivity index (χ0) is 19.8. The van der Waals surface area contributed by atoms with Gasteiger partial charge in [-0.1, -0.05) is 43.0 Å². The zero-order valence-corrected chi connectivity index (χ0v) is 16.7. The van der Waals surface area contributed by atoms with Crippen LogP contribution in [0.15, 0.2) is 41.5 Å². The molecule has 0 spiro atoms. The molecule has 3 heterocycles. The summed E-state index contributed by atoms with van der Waals surface area (Å²) in [6, 6.07) is 7.63. The molecule has 2 amide bonds. The molecular formula is C17H14N4O4S3. The van der Waals surface area contributed by atoms with Crippen molar-refractivity contribution in [2.45, 2.75) is 17.5 Å². The molecular weight excluding hydrogens is 420 g/mol. The molecule has 1 aromatic heterocycles. The van der Waals surface area contributed by atoms with Crippen LogP contribution < -0.4 is 5.32 Å². The number of hydrogen-bond donors (Lipinski definition) is 3. The highest BCUT2D eigenvalue weighted by molar-refractivity contribution is 8.00. The van der Waals surface area contributed by atoms with E-state index in [-0.39, 0.29) is 5.70 Å². The van der Waals surface area contributed by atoms with E-state index < -0.39 is 34.4 Å². The minimum atomic E-state index is -1.38. The number of thioether (sulfide) groups is 1. The average molecular weight is 435 g/mol. The smallest absolute Gasteiger partial charge is 0.254 e. The van der Waals surface area contributed by atoms with Crippen molar-refractivity contribution in [1.82, 2.24) is 20.4 Å². The molecule has 2 aliphatic rings. The maximum atomic E-state index is 12.7. The molecule has 2 aromatic rings. The zero-order valence-electron chi connectivity index (χ0n) is 14.2. The van der Waals surface area contributed by atoms with Crippen molar-refractivity contribution in [1.29, 1.82) is 0 Å². The van der Waals surface area contributed by atoms with Gasteiger partial charge in [-0.25, -0.2) is 0 Å². The summed E-state index contributed by atoms with van der Waals surface area (Å²) in [5.41, 5.74) is 2.75. The molecule has 4 rings (SSSR count). The summed E-state index contributed by atoms with van der Waals surface area (Å²) in [5, 5.41) is 20.1. The summed E-state index contributed by atoms with van der Waals surface area (Å²) in [6.45, 7) is 0. The van der Waals surface area contributed by atoms with Gasteiger partial charge < -0.3 is 10.4 Å². The second-order valence-electron chi connectivity index (χ2n) is 6.09. The second kappa shape index (κ2) is 7.66. The van der Waals surface area contributed by atoms with Crippen LogP contribution in [0.2, 0.25) is 0 Å². The Balaban J connectivity index is 1.53. The van der Waals surface area contributed by atoms with E-state index in [1.165, 1.54) is 28.0 Å². The number of amides is 2. The van der Waals surface area contributed by atoms with Gasteiger partial charge in [-0.2, -0.15) is 0 Å². The molecule has 11 heteroatoms. The maximum absolute atomic E-state index is 12.7. The van der Waals surface area contributed by atoms with Crippen LogP contribution in [0.5, 0.6) is 0 Å². The standard InChI is InChI=1S/C17H14N4O4S3/c22-12(8-4-2-1-3-5-8)13(23)19-10-15(24)21-11(17(25)26)9(6-27-16(10)21)14-20-18-7-28-14/h1-5,7,10,12,16,22H,6H2,(H,19,23)(H,25,26)/t10-,12-,16-/m1/s1. The van der Waals surface area contributed by atoms with Crippen LogP contribution in [-0.2, 0) is 14.4 Å². The van der Waals surface area contributed by atoms with Gasteiger partial charge in [-0.05, 0) is 5.56 Å². The summed E-state index contributed by atoms with van der Waals surface area (Å²) in [4.78, 5) is 38.5. The molecule has 28 heavy (non-hydrogen) atoms. The van der Waals surface area contributed by atoms with Gasteiger partial charge >= 0.3 is 0 Å². The highest BCUT2D eigenvalue weighted by Gasteiger charge is 2.54. The van der Waals surface area contributed by atoms with Crippen LogP contribution in [0.1, 0.15) is 16.7 Å². The van der Waals surface area contributed by atoms with Crippen molar-refractivity contribution in [2.75, 3.05) is 5.75 Å². The molecule has 0 radical (unpaired) electrons. The average Bonchev–Trinajstić information content (AvgIpc) is 3.25. The van der Waals surface area contributed by atoms with Gasteiger partial charge in [0.05, 0.1) is 0 Å². The minimum Gasteiger partial charge on any atom is -0.378 e. The highest BCUT2D eigenvalue weighted by Crippen LogP contribution is 2.44. The summed E-state index contributed by atoms with van der Waals surface area (Å²) >= 11 is 6.59. The van der Waals surface area contributed by atoms with Crippen molar-refractivity contribution >= 4 is 58.2 Å². The largest absolute Gasteiger partial charge is 0.378 e. The number of aromatic nitrogens is 2. The summed E-state index contributed by atoms with van der Waals surface area (Å²) in [5.74, 6) is -0.661. The van der Waals surface area contributed by atoms with Gasteiger partial charge in [0.25, 0.3) is 11.8 Å². The van der Waals surface area contributed by atoms with E-state index in [9.17, 15) is 19.5 Å². The van der Waals surface area contributed by atoms with E-state index in [0.717, 1.165) is 0 Å². The Kier molecular flexibility index (Phi) is 5.23. The first-order valence-electron chi connectivity index (χ1n) is 8.20. The number of aliphatic hydroxyl groups excluding tert-OH is 1. The van der Waals surface area contributed by atoms with Gasteiger partial charge in [0, 0.05) is 11.3 Å². The number of benzene rings is 1. The SMILES string of the molecule is O=C(S)C1=C(c2nncs2)CS[C@@H]2[C@H](NC(=O)[C@H](O)c3ccccc3)C(=O)N12.